The van der Waals surface area contributed by atoms with E-state index in [1.54, 1.807) is 0 Å². The topological polar surface area (TPSA) is 48.8 Å². The van der Waals surface area contributed by atoms with Gasteiger partial charge < -0.3 is 17.8 Å². The van der Waals surface area contributed by atoms with Crippen molar-refractivity contribution in [2.75, 3.05) is 19.6 Å². The molecule has 3 aliphatic heterocycles. The van der Waals surface area contributed by atoms with Crippen LogP contribution in [-0.2, 0) is 19.8 Å². The van der Waals surface area contributed by atoms with Gasteiger partial charge in [0.15, 0.2) is 0 Å². The van der Waals surface area contributed by atoms with E-state index < -0.39 is 8.80 Å². The quantitative estimate of drug-likeness (QED) is 0.749. The highest BCUT2D eigenvalue weighted by atomic mass is 28.4. The first kappa shape index (κ1) is 19.0. The van der Waals surface area contributed by atoms with Gasteiger partial charge in [0.2, 0.25) is 0 Å². The van der Waals surface area contributed by atoms with Crippen LogP contribution in [0.4, 0.5) is 0 Å². The minimum atomic E-state index is -2.66. The molecule has 3 atom stereocenters. The van der Waals surface area contributed by atoms with Gasteiger partial charge in [-0.05, 0) is 27.2 Å². The van der Waals surface area contributed by atoms with E-state index in [1.165, 1.54) is 0 Å². The van der Waals surface area contributed by atoms with E-state index in [0.29, 0.717) is 5.92 Å². The van der Waals surface area contributed by atoms with Gasteiger partial charge in [-0.2, -0.15) is 0 Å². The maximum atomic E-state index is 6.42. The second-order valence-corrected chi connectivity index (χ2v) is 10.5. The monoisotopic (exact) mass is 367 g/mol. The summed E-state index contributed by atoms with van der Waals surface area (Å²) in [5, 5.41) is 0. The molecule has 3 fully saturated rings. The second kappa shape index (κ2) is 7.88. The van der Waals surface area contributed by atoms with Crippen molar-refractivity contribution < 1.29 is 13.3 Å². The number of imidazole rings is 1. The molecule has 0 spiro atoms. The van der Waals surface area contributed by atoms with Crippen molar-refractivity contribution in [3.05, 3.63) is 18.2 Å². The number of hydrogen-bond donors (Lipinski definition) is 0. The maximum absolute atomic E-state index is 6.42. The van der Waals surface area contributed by atoms with E-state index in [1.807, 2.05) is 6.20 Å². The van der Waals surface area contributed by atoms with E-state index in [2.05, 4.69) is 55.3 Å². The predicted molar refractivity (Wildman–Crippen MR) is 99.6 cm³/mol. The molecule has 142 valence electrons. The van der Waals surface area contributed by atoms with Crippen LogP contribution in [0.15, 0.2) is 12.4 Å². The highest BCUT2D eigenvalue weighted by Crippen LogP contribution is 2.29. The third kappa shape index (κ3) is 4.71. The van der Waals surface area contributed by atoms with Crippen LogP contribution in [0.25, 0.3) is 0 Å². The van der Waals surface area contributed by atoms with Crippen molar-refractivity contribution in [3.8, 4) is 0 Å². The number of rotatable bonds is 5. The molecule has 25 heavy (non-hydrogen) atoms. The Bertz CT molecular complexity index is 529. The molecular formula is C18H33N3O3Si. The number of nitrogens with zero attached hydrogens (tertiary/aromatic N) is 3. The van der Waals surface area contributed by atoms with Gasteiger partial charge in [-0.1, -0.05) is 13.8 Å². The highest BCUT2D eigenvalue weighted by Gasteiger charge is 2.48. The van der Waals surface area contributed by atoms with Crippen LogP contribution >= 0.6 is 0 Å². The molecule has 0 amide bonds. The molecule has 3 saturated heterocycles. The summed E-state index contributed by atoms with van der Waals surface area (Å²) in [5.41, 5.74) is 0. The number of fused-ring (bicyclic) bond motifs is 6. The van der Waals surface area contributed by atoms with Crippen LogP contribution < -0.4 is 0 Å². The van der Waals surface area contributed by atoms with Gasteiger partial charge in [0.1, 0.15) is 5.82 Å². The zero-order chi connectivity index (χ0) is 18.0. The number of aryl methyl sites for hydroxylation is 1. The number of hydrogen-bond acceptors (Lipinski definition) is 5. The van der Waals surface area contributed by atoms with E-state index >= 15 is 0 Å². The first-order valence-electron chi connectivity index (χ1n) is 9.64. The van der Waals surface area contributed by atoms with Crippen LogP contribution in [0.3, 0.4) is 0 Å². The van der Waals surface area contributed by atoms with Crippen molar-refractivity contribution in [1.82, 2.24) is 14.5 Å². The van der Waals surface area contributed by atoms with Gasteiger partial charge in [0.25, 0.3) is 0 Å². The van der Waals surface area contributed by atoms with Crippen molar-refractivity contribution >= 4 is 8.80 Å². The first-order chi connectivity index (χ1) is 11.9. The summed E-state index contributed by atoms with van der Waals surface area (Å²) >= 11 is 0. The smallest absolute Gasteiger partial charge is 0.369 e. The minimum Gasteiger partial charge on any atom is -0.369 e. The standard InChI is InChI=1S/C18H33N3O3Si/c1-14(2)18-19-7-9-21(18)8-6-10-25-22-15(3)11-20(12-16(4)23-25)13-17(5)24-25/h7,9,14-17H,6,8,10-13H2,1-5H3. The lowest BCUT2D eigenvalue weighted by molar-refractivity contribution is -0.0791. The predicted octanol–water partition coefficient (Wildman–Crippen LogP) is 2.88. The zero-order valence-corrected chi connectivity index (χ0v) is 17.3. The van der Waals surface area contributed by atoms with Crippen molar-refractivity contribution in [2.45, 2.75) is 77.9 Å². The molecular weight excluding hydrogens is 334 g/mol. The van der Waals surface area contributed by atoms with Crippen LogP contribution in [-0.4, -0.2) is 61.2 Å². The average molecular weight is 368 g/mol. The van der Waals surface area contributed by atoms with E-state index in [0.717, 1.165) is 44.5 Å². The van der Waals surface area contributed by atoms with Gasteiger partial charge in [0.05, 0.1) is 18.3 Å². The van der Waals surface area contributed by atoms with Crippen LogP contribution in [0.1, 0.15) is 52.8 Å². The molecule has 0 saturated carbocycles. The summed E-state index contributed by atoms with van der Waals surface area (Å²) in [6.07, 6.45) is 5.42. The Labute approximate surface area is 152 Å². The van der Waals surface area contributed by atoms with Crippen LogP contribution in [0.2, 0.25) is 6.04 Å². The van der Waals surface area contributed by atoms with Crippen molar-refractivity contribution in [1.29, 1.82) is 0 Å². The molecule has 7 heteroatoms. The lowest BCUT2D eigenvalue weighted by Crippen LogP contribution is -2.61. The summed E-state index contributed by atoms with van der Waals surface area (Å²) in [7, 11) is -2.66. The SMILES string of the molecule is CC1CN2CC(C)O[Si](CCCn3ccnc3C(C)C)(O1)OC(C)C2. The molecule has 1 aromatic heterocycles. The normalized spacial score (nSPS) is 36.2. The molecule has 6 nitrogen and oxygen atoms in total. The average Bonchev–Trinajstić information content (AvgIpc) is 2.92. The van der Waals surface area contributed by atoms with Gasteiger partial charge in [-0.25, -0.2) is 4.98 Å². The highest BCUT2D eigenvalue weighted by molar-refractivity contribution is 6.60. The van der Waals surface area contributed by atoms with E-state index in [9.17, 15) is 0 Å². The van der Waals surface area contributed by atoms with Crippen LogP contribution in [0.5, 0.6) is 0 Å². The molecule has 0 aromatic carbocycles. The largest absolute Gasteiger partial charge is 0.501 e. The molecule has 3 aliphatic rings. The maximum Gasteiger partial charge on any atom is 0.501 e. The summed E-state index contributed by atoms with van der Waals surface area (Å²) in [4.78, 5) is 6.88. The summed E-state index contributed by atoms with van der Waals surface area (Å²) < 4.78 is 21.5. The fourth-order valence-corrected chi connectivity index (χ4v) is 7.26. The van der Waals surface area contributed by atoms with Gasteiger partial charge in [-0.3, -0.25) is 4.90 Å². The van der Waals surface area contributed by atoms with Gasteiger partial charge >= 0.3 is 8.80 Å². The lowest BCUT2D eigenvalue weighted by Gasteiger charge is -2.45. The van der Waals surface area contributed by atoms with Gasteiger partial charge in [-0.15, -0.1) is 0 Å². The fourth-order valence-electron chi connectivity index (χ4n) is 4.08. The molecule has 3 unspecified atom stereocenters. The number of aromatic nitrogens is 2. The summed E-state index contributed by atoms with van der Waals surface area (Å²) in [6.45, 7) is 14.6. The third-order valence-electron chi connectivity index (χ3n) is 4.83. The van der Waals surface area contributed by atoms with Gasteiger partial charge in [0, 0.05) is 50.5 Å². The van der Waals surface area contributed by atoms with Crippen molar-refractivity contribution in [3.63, 3.8) is 0 Å². The fraction of sp³-hybridized carbons (Fsp3) is 0.833. The Kier molecular flexibility index (Phi) is 6.00. The molecule has 0 aliphatic carbocycles. The van der Waals surface area contributed by atoms with Crippen LogP contribution in [0, 0.1) is 0 Å². The Morgan fingerprint density at radius 3 is 2.16 bits per heavy atom. The van der Waals surface area contributed by atoms with E-state index in [-0.39, 0.29) is 18.3 Å². The summed E-state index contributed by atoms with van der Waals surface area (Å²) in [6, 6.07) is 0.863. The molecule has 1 aromatic rings. The van der Waals surface area contributed by atoms with Crippen molar-refractivity contribution in [2.24, 2.45) is 0 Å². The molecule has 4 heterocycles. The summed E-state index contributed by atoms with van der Waals surface area (Å²) in [5.74, 6) is 1.57. The third-order valence-corrected chi connectivity index (χ3v) is 8.08. The second-order valence-electron chi connectivity index (χ2n) is 7.92. The molecule has 4 rings (SSSR count). The minimum absolute atomic E-state index is 0.158. The molecule has 0 N–H and O–H groups in total. The lowest BCUT2D eigenvalue weighted by atomic mass is 10.2. The zero-order valence-electron chi connectivity index (χ0n) is 16.3. The molecule has 0 radical (unpaired) electrons. The Balaban J connectivity index is 1.69. The Morgan fingerprint density at radius 2 is 1.64 bits per heavy atom. The Morgan fingerprint density at radius 1 is 1.08 bits per heavy atom. The Hall–Kier alpha value is -0.733. The van der Waals surface area contributed by atoms with E-state index in [4.69, 9.17) is 13.3 Å². The molecule has 2 bridgehead atoms. The first-order valence-corrected chi connectivity index (χ1v) is 11.6.